The topological polar surface area (TPSA) is 46.3 Å². The van der Waals surface area contributed by atoms with Gasteiger partial charge in [0, 0.05) is 19.6 Å². The number of rotatable bonds is 2. The molecule has 4 heteroatoms. The van der Waals surface area contributed by atoms with Gasteiger partial charge in [0.1, 0.15) is 0 Å². The second-order valence-corrected chi connectivity index (χ2v) is 5.62. The maximum absolute atomic E-state index is 12.7. The van der Waals surface area contributed by atoms with E-state index in [1.165, 1.54) is 11.1 Å². The third kappa shape index (κ3) is 2.37. The average molecular weight is 281 g/mol. The van der Waals surface area contributed by atoms with Crippen molar-refractivity contribution in [3.63, 3.8) is 0 Å². The van der Waals surface area contributed by atoms with Gasteiger partial charge >= 0.3 is 0 Å². The summed E-state index contributed by atoms with van der Waals surface area (Å²) in [6, 6.07) is 8.32. The number of fused-ring (bicyclic) bond motifs is 1. The van der Waals surface area contributed by atoms with Crippen molar-refractivity contribution in [2.75, 3.05) is 6.54 Å². The van der Waals surface area contributed by atoms with E-state index < -0.39 is 0 Å². The summed E-state index contributed by atoms with van der Waals surface area (Å²) in [6.07, 6.45) is 4.22. The van der Waals surface area contributed by atoms with Crippen LogP contribution < -0.4 is 5.73 Å². The van der Waals surface area contributed by atoms with E-state index in [-0.39, 0.29) is 23.7 Å². The fourth-order valence-corrected chi connectivity index (χ4v) is 3.37. The number of nitrogens with two attached hydrogens (primary N) is 1. The van der Waals surface area contributed by atoms with E-state index in [4.69, 9.17) is 5.73 Å². The maximum Gasteiger partial charge on any atom is 0.230 e. The lowest BCUT2D eigenvalue weighted by molar-refractivity contribution is -0.142. The van der Waals surface area contributed by atoms with Crippen LogP contribution in [0.15, 0.2) is 24.3 Å². The quantitative estimate of drug-likeness (QED) is 0.905. The van der Waals surface area contributed by atoms with Crippen LogP contribution in [0.2, 0.25) is 0 Å². The molecule has 1 aliphatic heterocycles. The molecular formula is C15H21ClN2O. The largest absolute Gasteiger partial charge is 0.333 e. The average Bonchev–Trinajstić information content (AvgIpc) is 3.05. The lowest BCUT2D eigenvalue weighted by atomic mass is 9.84. The predicted octanol–water partition coefficient (Wildman–Crippen LogP) is 2.47. The zero-order chi connectivity index (χ0) is 12.6. The molecule has 0 bridgehead atoms. The fraction of sp³-hybridized carbons (Fsp3) is 0.533. The van der Waals surface area contributed by atoms with Crippen LogP contribution in [0.1, 0.15) is 36.8 Å². The molecule has 3 rings (SSSR count). The van der Waals surface area contributed by atoms with Crippen molar-refractivity contribution in [3.8, 4) is 0 Å². The highest BCUT2D eigenvalue weighted by Crippen LogP contribution is 2.40. The normalized spacial score (nSPS) is 19.9. The highest BCUT2D eigenvalue weighted by atomic mass is 35.5. The van der Waals surface area contributed by atoms with Gasteiger partial charge in [-0.25, -0.2) is 0 Å². The number of carbonyl (C=O) groups is 1. The van der Waals surface area contributed by atoms with Crippen molar-refractivity contribution in [1.82, 2.24) is 4.90 Å². The molecule has 1 saturated carbocycles. The van der Waals surface area contributed by atoms with E-state index in [2.05, 4.69) is 12.1 Å². The van der Waals surface area contributed by atoms with Gasteiger partial charge in [-0.1, -0.05) is 37.1 Å². The second-order valence-electron chi connectivity index (χ2n) is 5.62. The number of carbonyl (C=O) groups excluding carboxylic acids is 1. The van der Waals surface area contributed by atoms with Crippen molar-refractivity contribution in [2.45, 2.75) is 38.8 Å². The van der Waals surface area contributed by atoms with Gasteiger partial charge in [-0.2, -0.15) is 0 Å². The Balaban J connectivity index is 0.00000133. The first-order chi connectivity index (χ1) is 8.75. The van der Waals surface area contributed by atoms with Crippen LogP contribution >= 0.6 is 12.4 Å². The summed E-state index contributed by atoms with van der Waals surface area (Å²) in [4.78, 5) is 14.7. The molecule has 0 atom stereocenters. The summed E-state index contributed by atoms with van der Waals surface area (Å²) >= 11 is 0. The van der Waals surface area contributed by atoms with Crippen molar-refractivity contribution in [2.24, 2.45) is 11.1 Å². The number of halogens is 1. The zero-order valence-electron chi connectivity index (χ0n) is 11.1. The molecule has 19 heavy (non-hydrogen) atoms. The fourth-order valence-electron chi connectivity index (χ4n) is 3.37. The Morgan fingerprint density at radius 2 is 1.68 bits per heavy atom. The van der Waals surface area contributed by atoms with E-state index in [0.717, 1.165) is 38.8 Å². The summed E-state index contributed by atoms with van der Waals surface area (Å²) in [5, 5.41) is 0. The monoisotopic (exact) mass is 280 g/mol. The Kier molecular flexibility index (Phi) is 4.16. The second kappa shape index (κ2) is 5.51. The number of nitrogens with zero attached hydrogens (tertiary/aromatic N) is 1. The van der Waals surface area contributed by atoms with Crippen molar-refractivity contribution < 1.29 is 4.79 Å². The molecule has 0 saturated heterocycles. The molecule has 1 aromatic carbocycles. The smallest absolute Gasteiger partial charge is 0.230 e. The minimum atomic E-state index is -0.262. The molecule has 1 aliphatic carbocycles. The molecule has 2 N–H and O–H groups in total. The van der Waals surface area contributed by atoms with Gasteiger partial charge < -0.3 is 10.6 Å². The Labute approximate surface area is 120 Å². The van der Waals surface area contributed by atoms with E-state index in [9.17, 15) is 4.79 Å². The molecule has 0 unspecified atom stereocenters. The Morgan fingerprint density at radius 1 is 1.16 bits per heavy atom. The van der Waals surface area contributed by atoms with Crippen molar-refractivity contribution in [3.05, 3.63) is 35.4 Å². The molecule has 1 heterocycles. The number of hydrogen-bond acceptors (Lipinski definition) is 2. The Hall–Kier alpha value is -1.06. The van der Waals surface area contributed by atoms with Gasteiger partial charge in [-0.15, -0.1) is 12.4 Å². The Bertz CT molecular complexity index is 444. The zero-order valence-corrected chi connectivity index (χ0v) is 11.9. The van der Waals surface area contributed by atoms with Crippen LogP contribution in [-0.2, 0) is 17.9 Å². The van der Waals surface area contributed by atoms with E-state index in [1.54, 1.807) is 0 Å². The summed E-state index contributed by atoms with van der Waals surface area (Å²) < 4.78 is 0. The van der Waals surface area contributed by atoms with Crippen LogP contribution in [0, 0.1) is 5.41 Å². The number of benzene rings is 1. The van der Waals surface area contributed by atoms with Gasteiger partial charge in [0.2, 0.25) is 5.91 Å². The van der Waals surface area contributed by atoms with E-state index >= 15 is 0 Å². The molecular weight excluding hydrogens is 260 g/mol. The van der Waals surface area contributed by atoms with Crippen molar-refractivity contribution >= 4 is 18.3 Å². The van der Waals surface area contributed by atoms with Crippen molar-refractivity contribution in [1.29, 1.82) is 0 Å². The summed E-state index contributed by atoms with van der Waals surface area (Å²) in [6.45, 7) is 2.02. The van der Waals surface area contributed by atoms with Gasteiger partial charge in [0.05, 0.1) is 5.41 Å². The minimum Gasteiger partial charge on any atom is -0.333 e. The summed E-state index contributed by atoms with van der Waals surface area (Å²) in [5.74, 6) is 0.277. The first kappa shape index (κ1) is 14.4. The molecule has 0 spiro atoms. The molecule has 104 valence electrons. The number of amides is 1. The van der Waals surface area contributed by atoms with Gasteiger partial charge in [0.15, 0.2) is 0 Å². The Morgan fingerprint density at radius 3 is 2.16 bits per heavy atom. The summed E-state index contributed by atoms with van der Waals surface area (Å²) in [7, 11) is 0. The van der Waals surface area contributed by atoms with Gasteiger partial charge in [-0.05, 0) is 24.0 Å². The standard InChI is InChI=1S/C15H20N2O.ClH/c16-11-15(7-3-4-8-15)14(18)17-9-12-5-1-2-6-13(12)10-17;/h1-2,5-6H,3-4,7-11,16H2;1H. The molecule has 2 aliphatic rings. The highest BCUT2D eigenvalue weighted by molar-refractivity contribution is 5.85. The SMILES string of the molecule is Cl.NCC1(C(=O)N2Cc3ccccc3C2)CCCC1. The van der Waals surface area contributed by atoms with Crippen LogP contribution in [-0.4, -0.2) is 17.4 Å². The van der Waals surface area contributed by atoms with Crippen LogP contribution in [0.5, 0.6) is 0 Å². The summed E-state index contributed by atoms with van der Waals surface area (Å²) in [5.41, 5.74) is 8.21. The minimum absolute atomic E-state index is 0. The third-order valence-electron chi connectivity index (χ3n) is 4.53. The molecule has 1 amide bonds. The number of hydrogen-bond donors (Lipinski definition) is 1. The molecule has 0 radical (unpaired) electrons. The highest BCUT2D eigenvalue weighted by Gasteiger charge is 2.43. The molecule has 1 fully saturated rings. The molecule has 3 nitrogen and oxygen atoms in total. The van der Waals surface area contributed by atoms with E-state index in [1.807, 2.05) is 17.0 Å². The van der Waals surface area contributed by atoms with E-state index in [0.29, 0.717) is 6.54 Å². The molecule has 1 aromatic rings. The van der Waals surface area contributed by atoms with Crippen LogP contribution in [0.4, 0.5) is 0 Å². The third-order valence-corrected chi connectivity index (χ3v) is 4.53. The first-order valence-electron chi connectivity index (χ1n) is 6.81. The maximum atomic E-state index is 12.7. The van der Waals surface area contributed by atoms with Crippen LogP contribution in [0.3, 0.4) is 0 Å². The molecule has 0 aromatic heterocycles. The predicted molar refractivity (Wildman–Crippen MR) is 77.9 cm³/mol. The lowest BCUT2D eigenvalue weighted by Crippen LogP contribution is -2.44. The van der Waals surface area contributed by atoms with Crippen LogP contribution in [0.25, 0.3) is 0 Å². The lowest BCUT2D eigenvalue weighted by Gasteiger charge is -2.30. The van der Waals surface area contributed by atoms with Gasteiger partial charge in [-0.3, -0.25) is 4.79 Å². The first-order valence-corrected chi connectivity index (χ1v) is 6.81. The van der Waals surface area contributed by atoms with Gasteiger partial charge in [0.25, 0.3) is 0 Å².